The molecule has 3 aromatic rings. The first kappa shape index (κ1) is 20.3. The summed E-state index contributed by atoms with van der Waals surface area (Å²) in [5, 5.41) is 3.56. The highest BCUT2D eigenvalue weighted by atomic mass is 35.5. The molecule has 160 valence electrons. The highest BCUT2D eigenvalue weighted by molar-refractivity contribution is 6.30. The summed E-state index contributed by atoms with van der Waals surface area (Å²) >= 11 is 6.12. The fourth-order valence-corrected chi connectivity index (χ4v) is 4.28. The summed E-state index contributed by atoms with van der Waals surface area (Å²) < 4.78 is 5.65. The van der Waals surface area contributed by atoms with E-state index in [-0.39, 0.29) is 30.0 Å². The van der Waals surface area contributed by atoms with E-state index in [0.29, 0.717) is 34.9 Å². The minimum atomic E-state index is -0.397. The van der Waals surface area contributed by atoms with Crippen molar-refractivity contribution in [3.63, 3.8) is 0 Å². The molecule has 0 aliphatic carbocycles. The average molecular weight is 447 g/mol. The Kier molecular flexibility index (Phi) is 5.15. The predicted molar refractivity (Wildman–Crippen MR) is 119 cm³/mol. The highest BCUT2D eigenvalue weighted by Crippen LogP contribution is 2.34. The van der Waals surface area contributed by atoms with E-state index in [2.05, 4.69) is 5.32 Å². The molecule has 3 aromatic carbocycles. The number of nitrogens with one attached hydrogen (secondary N) is 1. The summed E-state index contributed by atoms with van der Waals surface area (Å²) in [6, 6.07) is 19.0. The zero-order valence-electron chi connectivity index (χ0n) is 17.0. The van der Waals surface area contributed by atoms with Crippen molar-refractivity contribution >= 4 is 29.3 Å². The standard InChI is InChI=1S/C25H19ClN2O4/c26-17-7-9-22-20(13-17)21(10-11-32-22)27-23(29)16-6-8-18-19(12-16)25(31)28(24(18)30)14-15-4-2-1-3-5-15/h1-9,12-13,21H,10-11,14H2,(H,27,29). The van der Waals surface area contributed by atoms with Crippen molar-refractivity contribution in [1.82, 2.24) is 10.2 Å². The molecular formula is C25H19ClN2O4. The molecule has 2 aliphatic heterocycles. The molecule has 1 atom stereocenters. The van der Waals surface area contributed by atoms with Gasteiger partial charge in [0.25, 0.3) is 17.7 Å². The number of fused-ring (bicyclic) bond motifs is 2. The third-order valence-corrected chi connectivity index (χ3v) is 5.97. The van der Waals surface area contributed by atoms with Crippen LogP contribution >= 0.6 is 11.6 Å². The molecule has 2 heterocycles. The van der Waals surface area contributed by atoms with Gasteiger partial charge in [0, 0.05) is 22.6 Å². The van der Waals surface area contributed by atoms with Gasteiger partial charge in [-0.2, -0.15) is 0 Å². The van der Waals surface area contributed by atoms with Gasteiger partial charge in [-0.1, -0.05) is 41.9 Å². The monoisotopic (exact) mass is 446 g/mol. The normalized spacial score (nSPS) is 16.9. The van der Waals surface area contributed by atoms with Crippen LogP contribution in [0.25, 0.3) is 0 Å². The average Bonchev–Trinajstić information content (AvgIpc) is 3.04. The molecule has 7 heteroatoms. The maximum Gasteiger partial charge on any atom is 0.261 e. The van der Waals surface area contributed by atoms with Crippen molar-refractivity contribution in [2.75, 3.05) is 6.61 Å². The van der Waals surface area contributed by atoms with Gasteiger partial charge in [0.05, 0.1) is 30.3 Å². The molecule has 0 bridgehead atoms. The molecule has 0 radical (unpaired) electrons. The third kappa shape index (κ3) is 3.63. The molecular weight excluding hydrogens is 428 g/mol. The summed E-state index contributed by atoms with van der Waals surface area (Å²) in [6.07, 6.45) is 0.603. The van der Waals surface area contributed by atoms with Crippen molar-refractivity contribution < 1.29 is 19.1 Å². The number of carbonyl (C=O) groups is 3. The van der Waals surface area contributed by atoms with Crippen LogP contribution in [0, 0.1) is 0 Å². The van der Waals surface area contributed by atoms with Gasteiger partial charge in [0.15, 0.2) is 0 Å². The minimum Gasteiger partial charge on any atom is -0.493 e. The fraction of sp³-hybridized carbons (Fsp3) is 0.160. The number of carbonyl (C=O) groups excluding carboxylic acids is 3. The van der Waals surface area contributed by atoms with Crippen molar-refractivity contribution in [3.8, 4) is 5.75 Å². The zero-order chi connectivity index (χ0) is 22.2. The van der Waals surface area contributed by atoms with Gasteiger partial charge in [0.1, 0.15) is 5.75 Å². The smallest absolute Gasteiger partial charge is 0.261 e. The van der Waals surface area contributed by atoms with Crippen molar-refractivity contribution in [2.24, 2.45) is 0 Å². The number of imide groups is 1. The number of benzene rings is 3. The van der Waals surface area contributed by atoms with Crippen molar-refractivity contribution in [2.45, 2.75) is 19.0 Å². The number of rotatable bonds is 4. The molecule has 6 nitrogen and oxygen atoms in total. The van der Waals surface area contributed by atoms with Crippen molar-refractivity contribution in [1.29, 1.82) is 0 Å². The van der Waals surface area contributed by atoms with Gasteiger partial charge in [-0.25, -0.2) is 0 Å². The lowest BCUT2D eigenvalue weighted by molar-refractivity contribution is 0.0642. The fourth-order valence-electron chi connectivity index (χ4n) is 4.10. The maximum absolute atomic E-state index is 13.0. The van der Waals surface area contributed by atoms with Gasteiger partial charge in [-0.15, -0.1) is 0 Å². The second-order valence-electron chi connectivity index (χ2n) is 7.79. The van der Waals surface area contributed by atoms with E-state index in [4.69, 9.17) is 16.3 Å². The first-order valence-electron chi connectivity index (χ1n) is 10.3. The van der Waals surface area contributed by atoms with Crippen LogP contribution < -0.4 is 10.1 Å². The molecule has 1 N–H and O–H groups in total. The Morgan fingerprint density at radius 1 is 1.00 bits per heavy atom. The first-order valence-corrected chi connectivity index (χ1v) is 10.7. The van der Waals surface area contributed by atoms with E-state index < -0.39 is 5.91 Å². The first-order chi connectivity index (χ1) is 15.5. The van der Waals surface area contributed by atoms with Gasteiger partial charge >= 0.3 is 0 Å². The molecule has 0 saturated carbocycles. The van der Waals surface area contributed by atoms with Gasteiger partial charge in [-0.3, -0.25) is 19.3 Å². The topological polar surface area (TPSA) is 75.7 Å². The number of hydrogen-bond acceptors (Lipinski definition) is 4. The van der Waals surface area contributed by atoms with Crippen LogP contribution in [0.3, 0.4) is 0 Å². The summed E-state index contributed by atoms with van der Waals surface area (Å²) in [5.41, 5.74) is 2.55. The van der Waals surface area contributed by atoms with Crippen molar-refractivity contribution in [3.05, 3.63) is 99.6 Å². The van der Waals surface area contributed by atoms with E-state index in [0.717, 1.165) is 11.1 Å². The van der Waals surface area contributed by atoms with Gasteiger partial charge in [-0.05, 0) is 42.0 Å². The Bertz CT molecular complexity index is 1240. The van der Waals surface area contributed by atoms with Crippen LogP contribution in [0.5, 0.6) is 5.75 Å². The Morgan fingerprint density at radius 3 is 2.59 bits per heavy atom. The zero-order valence-corrected chi connectivity index (χ0v) is 17.8. The van der Waals surface area contributed by atoms with E-state index in [1.165, 1.54) is 11.0 Å². The van der Waals surface area contributed by atoms with Gasteiger partial charge < -0.3 is 10.1 Å². The molecule has 5 rings (SSSR count). The van der Waals surface area contributed by atoms with E-state index in [1.807, 2.05) is 30.3 Å². The molecule has 0 saturated heterocycles. The molecule has 2 aliphatic rings. The molecule has 32 heavy (non-hydrogen) atoms. The summed E-state index contributed by atoms with van der Waals surface area (Å²) in [7, 11) is 0. The van der Waals surface area contributed by atoms with Crippen LogP contribution in [-0.2, 0) is 6.54 Å². The summed E-state index contributed by atoms with van der Waals surface area (Å²) in [4.78, 5) is 39.9. The van der Waals surface area contributed by atoms with E-state index in [1.54, 1.807) is 30.3 Å². The predicted octanol–water partition coefficient (Wildman–Crippen LogP) is 4.39. The molecule has 1 unspecified atom stereocenters. The summed E-state index contributed by atoms with van der Waals surface area (Å²) in [5.74, 6) is -0.384. The second kappa shape index (κ2) is 8.13. The Balaban J connectivity index is 1.37. The Labute approximate surface area is 189 Å². The molecule has 3 amide bonds. The molecule has 0 spiro atoms. The highest BCUT2D eigenvalue weighted by Gasteiger charge is 2.36. The third-order valence-electron chi connectivity index (χ3n) is 5.73. The van der Waals surface area contributed by atoms with Gasteiger partial charge in [0.2, 0.25) is 0 Å². The lowest BCUT2D eigenvalue weighted by Crippen LogP contribution is -2.32. The van der Waals surface area contributed by atoms with Crippen LogP contribution in [0.1, 0.15) is 54.7 Å². The number of nitrogens with zero attached hydrogens (tertiary/aromatic N) is 1. The largest absolute Gasteiger partial charge is 0.493 e. The minimum absolute atomic E-state index is 0.189. The number of hydrogen-bond donors (Lipinski definition) is 1. The van der Waals surface area contributed by atoms with Crippen LogP contribution in [0.15, 0.2) is 66.7 Å². The second-order valence-corrected chi connectivity index (χ2v) is 8.22. The Morgan fingerprint density at radius 2 is 1.78 bits per heavy atom. The quantitative estimate of drug-likeness (QED) is 0.603. The van der Waals surface area contributed by atoms with E-state index >= 15 is 0 Å². The lowest BCUT2D eigenvalue weighted by Gasteiger charge is -2.27. The maximum atomic E-state index is 13.0. The Hall–Kier alpha value is -3.64. The number of ether oxygens (including phenoxy) is 1. The molecule has 0 fully saturated rings. The molecule has 0 aromatic heterocycles. The lowest BCUT2D eigenvalue weighted by atomic mass is 9.99. The SMILES string of the molecule is O=C(NC1CCOc2ccc(Cl)cc21)c1ccc2c(c1)C(=O)N(Cc1ccccc1)C2=O. The van der Waals surface area contributed by atoms with Crippen LogP contribution in [0.2, 0.25) is 5.02 Å². The number of amides is 3. The van der Waals surface area contributed by atoms with Crippen LogP contribution in [0.4, 0.5) is 0 Å². The summed E-state index contributed by atoms with van der Waals surface area (Å²) in [6.45, 7) is 0.666. The number of halogens is 1. The van der Waals surface area contributed by atoms with E-state index in [9.17, 15) is 14.4 Å². The van der Waals surface area contributed by atoms with Crippen LogP contribution in [-0.4, -0.2) is 29.2 Å².